The number of rotatable bonds is 1. The van der Waals surface area contributed by atoms with Crippen LogP contribution in [0.2, 0.25) is 0 Å². The second kappa shape index (κ2) is 3.99. The minimum Gasteiger partial charge on any atom is -0.356 e. The largest absolute Gasteiger partial charge is 0.356 e. The highest BCUT2D eigenvalue weighted by Crippen LogP contribution is 2.38. The van der Waals surface area contributed by atoms with Crippen molar-refractivity contribution in [3.63, 3.8) is 0 Å². The number of hydrogen-bond donors (Lipinski definition) is 1. The Labute approximate surface area is 95.3 Å². The molecule has 3 nitrogen and oxygen atoms in total. The Hall–Kier alpha value is -0.800. The van der Waals surface area contributed by atoms with E-state index in [1.807, 2.05) is 13.0 Å². The van der Waals surface area contributed by atoms with Gasteiger partial charge in [0.25, 0.3) is 0 Å². The Morgan fingerprint density at radius 2 is 2.33 bits per heavy atom. The molecule has 0 radical (unpaired) electrons. The van der Waals surface area contributed by atoms with Crippen LogP contribution in [0.1, 0.15) is 17.9 Å². The number of nitrogens with one attached hydrogen (secondary N) is 1. The first-order valence-electron chi connectivity index (χ1n) is 5.18. The van der Waals surface area contributed by atoms with Gasteiger partial charge >= 0.3 is 0 Å². The summed E-state index contributed by atoms with van der Waals surface area (Å²) in [5.74, 6) is 2.47. The predicted molar refractivity (Wildman–Crippen MR) is 60.9 cm³/mol. The Kier molecular flexibility index (Phi) is 2.85. The van der Waals surface area contributed by atoms with Gasteiger partial charge in [-0.15, -0.1) is 12.4 Å². The summed E-state index contributed by atoms with van der Waals surface area (Å²) < 4.78 is 5.27. The van der Waals surface area contributed by atoms with Crippen LogP contribution in [0.15, 0.2) is 16.7 Å². The topological polar surface area (TPSA) is 38.1 Å². The van der Waals surface area contributed by atoms with Crippen LogP contribution in [0.3, 0.4) is 0 Å². The Morgan fingerprint density at radius 1 is 1.47 bits per heavy atom. The maximum atomic E-state index is 5.27. The molecule has 1 aliphatic heterocycles. The van der Waals surface area contributed by atoms with Crippen molar-refractivity contribution < 1.29 is 4.52 Å². The maximum absolute atomic E-state index is 5.27. The summed E-state index contributed by atoms with van der Waals surface area (Å²) in [5.41, 5.74) is 2.32. The predicted octanol–water partition coefficient (Wildman–Crippen LogP) is 2.03. The number of nitrogens with zero attached hydrogens (tertiary/aromatic N) is 1. The molecule has 0 saturated carbocycles. The van der Waals surface area contributed by atoms with E-state index in [9.17, 15) is 0 Å². The monoisotopic (exact) mass is 226 g/mol. The lowest BCUT2D eigenvalue weighted by Gasteiger charge is -2.04. The normalized spacial score (nSPS) is 28.5. The van der Waals surface area contributed by atoms with Gasteiger partial charge in [0.15, 0.2) is 5.76 Å². The third-order valence-electron chi connectivity index (χ3n) is 3.23. The SMILES string of the molecule is Cc1cc(C2=C[C@H]3CNC[C@H]3C2)on1.Cl. The van der Waals surface area contributed by atoms with Gasteiger partial charge < -0.3 is 9.84 Å². The number of aryl methyl sites for hydroxylation is 1. The van der Waals surface area contributed by atoms with Crippen LogP contribution < -0.4 is 5.32 Å². The second-order valence-electron chi connectivity index (χ2n) is 4.31. The molecule has 1 fully saturated rings. The number of aromatic nitrogens is 1. The molecule has 1 N–H and O–H groups in total. The van der Waals surface area contributed by atoms with E-state index >= 15 is 0 Å². The highest BCUT2D eigenvalue weighted by atomic mass is 35.5. The fourth-order valence-corrected chi connectivity index (χ4v) is 2.48. The maximum Gasteiger partial charge on any atom is 0.162 e. The van der Waals surface area contributed by atoms with Crippen molar-refractivity contribution in [2.75, 3.05) is 13.1 Å². The Balaban J connectivity index is 0.000000853. The van der Waals surface area contributed by atoms with Gasteiger partial charge in [-0.25, -0.2) is 0 Å². The first-order chi connectivity index (χ1) is 6.83. The fourth-order valence-electron chi connectivity index (χ4n) is 2.48. The van der Waals surface area contributed by atoms with Crippen molar-refractivity contribution in [2.45, 2.75) is 13.3 Å². The van der Waals surface area contributed by atoms with E-state index in [4.69, 9.17) is 4.52 Å². The molecule has 0 amide bonds. The summed E-state index contributed by atoms with van der Waals surface area (Å²) in [7, 11) is 0. The zero-order chi connectivity index (χ0) is 9.54. The summed E-state index contributed by atoms with van der Waals surface area (Å²) in [6, 6.07) is 2.03. The summed E-state index contributed by atoms with van der Waals surface area (Å²) >= 11 is 0. The van der Waals surface area contributed by atoms with E-state index in [1.54, 1.807) is 0 Å². The number of hydrogen-bond acceptors (Lipinski definition) is 3. The summed E-state index contributed by atoms with van der Waals surface area (Å²) in [6.45, 7) is 4.24. The van der Waals surface area contributed by atoms with Gasteiger partial charge in [0.05, 0.1) is 5.69 Å². The average molecular weight is 227 g/mol. The van der Waals surface area contributed by atoms with Gasteiger partial charge in [0.1, 0.15) is 0 Å². The van der Waals surface area contributed by atoms with Crippen molar-refractivity contribution in [1.82, 2.24) is 10.5 Å². The molecule has 1 saturated heterocycles. The van der Waals surface area contributed by atoms with E-state index in [0.717, 1.165) is 42.8 Å². The first-order valence-corrected chi connectivity index (χ1v) is 5.18. The van der Waals surface area contributed by atoms with Crippen LogP contribution in [-0.2, 0) is 0 Å². The van der Waals surface area contributed by atoms with Crippen LogP contribution in [0.5, 0.6) is 0 Å². The third kappa shape index (κ3) is 1.82. The van der Waals surface area contributed by atoms with Crippen LogP contribution in [0.25, 0.3) is 5.57 Å². The van der Waals surface area contributed by atoms with E-state index in [2.05, 4.69) is 16.5 Å². The molecule has 2 aliphatic rings. The Morgan fingerprint density at radius 3 is 3.00 bits per heavy atom. The molecule has 0 aromatic carbocycles. The number of halogens is 1. The highest BCUT2D eigenvalue weighted by molar-refractivity contribution is 5.85. The summed E-state index contributed by atoms with van der Waals surface area (Å²) in [4.78, 5) is 0. The lowest BCUT2D eigenvalue weighted by atomic mass is 9.99. The minimum atomic E-state index is 0. The lowest BCUT2D eigenvalue weighted by Crippen LogP contribution is -2.09. The molecule has 1 aromatic rings. The van der Waals surface area contributed by atoms with Crippen molar-refractivity contribution in [2.24, 2.45) is 11.8 Å². The molecular formula is C11H15ClN2O. The smallest absolute Gasteiger partial charge is 0.162 e. The highest BCUT2D eigenvalue weighted by Gasteiger charge is 2.32. The van der Waals surface area contributed by atoms with Crippen molar-refractivity contribution in [1.29, 1.82) is 0 Å². The molecule has 15 heavy (non-hydrogen) atoms. The zero-order valence-corrected chi connectivity index (χ0v) is 9.51. The number of fused-ring (bicyclic) bond motifs is 1. The molecule has 0 bridgehead atoms. The van der Waals surface area contributed by atoms with Gasteiger partial charge in [-0.1, -0.05) is 11.2 Å². The molecule has 2 heterocycles. The van der Waals surface area contributed by atoms with E-state index < -0.39 is 0 Å². The van der Waals surface area contributed by atoms with E-state index in [-0.39, 0.29) is 12.4 Å². The molecule has 1 aliphatic carbocycles. The summed E-state index contributed by atoms with van der Waals surface area (Å²) in [5, 5.41) is 7.33. The van der Waals surface area contributed by atoms with Crippen molar-refractivity contribution in [3.05, 3.63) is 23.6 Å². The molecule has 3 rings (SSSR count). The quantitative estimate of drug-likeness (QED) is 0.796. The molecule has 0 spiro atoms. The van der Waals surface area contributed by atoms with Crippen LogP contribution in [0.4, 0.5) is 0 Å². The first kappa shape index (κ1) is 10.7. The van der Waals surface area contributed by atoms with Gasteiger partial charge in [-0.3, -0.25) is 0 Å². The minimum absolute atomic E-state index is 0. The molecular weight excluding hydrogens is 212 g/mol. The van der Waals surface area contributed by atoms with Gasteiger partial charge in [0.2, 0.25) is 0 Å². The Bertz CT molecular complexity index is 386. The van der Waals surface area contributed by atoms with Gasteiger partial charge in [-0.05, 0) is 37.3 Å². The standard InChI is InChI=1S/C11H14N2O.ClH/c1-7-2-11(14-13-7)8-3-9-5-12-6-10(9)4-8;/h2-3,9-10,12H,4-6H2,1H3;1H/t9-,10+;/m0./s1. The molecule has 1 aromatic heterocycles. The van der Waals surface area contributed by atoms with Gasteiger partial charge in [-0.2, -0.15) is 0 Å². The second-order valence-corrected chi connectivity index (χ2v) is 4.31. The lowest BCUT2D eigenvalue weighted by molar-refractivity contribution is 0.403. The molecule has 4 heteroatoms. The zero-order valence-electron chi connectivity index (χ0n) is 8.69. The van der Waals surface area contributed by atoms with Crippen molar-refractivity contribution in [3.8, 4) is 0 Å². The van der Waals surface area contributed by atoms with E-state index in [0.29, 0.717) is 0 Å². The molecule has 82 valence electrons. The van der Waals surface area contributed by atoms with Crippen LogP contribution >= 0.6 is 12.4 Å². The van der Waals surface area contributed by atoms with Crippen LogP contribution in [0, 0.1) is 18.8 Å². The van der Waals surface area contributed by atoms with Crippen molar-refractivity contribution >= 4 is 18.0 Å². The third-order valence-corrected chi connectivity index (χ3v) is 3.23. The molecule has 0 unspecified atom stereocenters. The van der Waals surface area contributed by atoms with Gasteiger partial charge in [0, 0.05) is 12.6 Å². The average Bonchev–Trinajstić information content (AvgIpc) is 2.75. The number of allylic oxidation sites excluding steroid dienone is 1. The summed E-state index contributed by atoms with van der Waals surface area (Å²) in [6.07, 6.45) is 3.50. The molecule has 2 atom stereocenters. The van der Waals surface area contributed by atoms with Crippen LogP contribution in [-0.4, -0.2) is 18.2 Å². The fraction of sp³-hybridized carbons (Fsp3) is 0.545. The van der Waals surface area contributed by atoms with E-state index in [1.165, 1.54) is 5.57 Å².